The SMILES string of the molecule is O=C(Cl)OC1(C2CCN(C(=O)OCc3ccccc3)CC2)CC1. The van der Waals surface area contributed by atoms with Crippen LogP contribution >= 0.6 is 11.6 Å². The number of carbonyl (C=O) groups excluding carboxylic acids is 2. The average Bonchev–Trinajstić information content (AvgIpc) is 3.34. The molecule has 124 valence electrons. The van der Waals surface area contributed by atoms with Crippen molar-refractivity contribution >= 4 is 23.1 Å². The van der Waals surface area contributed by atoms with E-state index in [0.29, 0.717) is 13.1 Å². The summed E-state index contributed by atoms with van der Waals surface area (Å²) in [6, 6.07) is 9.62. The molecule has 0 radical (unpaired) electrons. The minimum atomic E-state index is -0.729. The number of likely N-dealkylation sites (tertiary alicyclic amines) is 1. The minimum Gasteiger partial charge on any atom is -0.447 e. The Morgan fingerprint density at radius 2 is 1.83 bits per heavy atom. The molecule has 1 aliphatic heterocycles. The van der Waals surface area contributed by atoms with Crippen molar-refractivity contribution in [2.75, 3.05) is 13.1 Å². The molecule has 2 fully saturated rings. The van der Waals surface area contributed by atoms with Gasteiger partial charge in [-0.2, -0.15) is 0 Å². The van der Waals surface area contributed by atoms with Gasteiger partial charge in [0.15, 0.2) is 0 Å². The zero-order valence-corrected chi connectivity index (χ0v) is 13.6. The summed E-state index contributed by atoms with van der Waals surface area (Å²) in [5, 5.41) is 0. The highest BCUT2D eigenvalue weighted by atomic mass is 35.5. The van der Waals surface area contributed by atoms with Crippen molar-refractivity contribution in [1.82, 2.24) is 4.90 Å². The number of hydrogen-bond acceptors (Lipinski definition) is 4. The molecule has 0 atom stereocenters. The topological polar surface area (TPSA) is 55.8 Å². The zero-order chi connectivity index (χ0) is 16.3. The van der Waals surface area contributed by atoms with Crippen LogP contribution in [0.5, 0.6) is 0 Å². The van der Waals surface area contributed by atoms with Crippen LogP contribution < -0.4 is 0 Å². The molecule has 0 bridgehead atoms. The predicted molar refractivity (Wildman–Crippen MR) is 85.2 cm³/mol. The summed E-state index contributed by atoms with van der Waals surface area (Å²) in [4.78, 5) is 24.8. The van der Waals surface area contributed by atoms with E-state index in [9.17, 15) is 9.59 Å². The first-order valence-corrected chi connectivity index (χ1v) is 8.31. The Labute approximate surface area is 140 Å². The van der Waals surface area contributed by atoms with E-state index in [1.165, 1.54) is 0 Å². The molecule has 1 aromatic rings. The van der Waals surface area contributed by atoms with Gasteiger partial charge in [0.25, 0.3) is 0 Å². The highest BCUT2D eigenvalue weighted by Gasteiger charge is 2.53. The fraction of sp³-hybridized carbons (Fsp3) is 0.529. The fourth-order valence-electron chi connectivity index (χ4n) is 3.28. The van der Waals surface area contributed by atoms with Crippen LogP contribution in [0.15, 0.2) is 30.3 Å². The quantitative estimate of drug-likeness (QED) is 0.781. The average molecular weight is 338 g/mol. The number of amides is 1. The van der Waals surface area contributed by atoms with E-state index >= 15 is 0 Å². The van der Waals surface area contributed by atoms with Crippen molar-refractivity contribution in [3.8, 4) is 0 Å². The summed E-state index contributed by atoms with van der Waals surface area (Å²) >= 11 is 5.35. The Hall–Kier alpha value is -1.75. The van der Waals surface area contributed by atoms with Gasteiger partial charge >= 0.3 is 11.5 Å². The molecule has 0 unspecified atom stereocenters. The molecule has 1 amide bonds. The van der Waals surface area contributed by atoms with Crippen LogP contribution in [0.4, 0.5) is 9.59 Å². The number of piperidine rings is 1. The molecule has 0 spiro atoms. The molecule has 5 nitrogen and oxygen atoms in total. The molecular weight excluding hydrogens is 318 g/mol. The van der Waals surface area contributed by atoms with E-state index in [-0.39, 0.29) is 24.2 Å². The third-order valence-electron chi connectivity index (χ3n) is 4.73. The summed E-state index contributed by atoms with van der Waals surface area (Å²) in [7, 11) is 0. The number of carbonyl (C=O) groups is 2. The van der Waals surface area contributed by atoms with Gasteiger partial charge < -0.3 is 14.4 Å². The number of ether oxygens (including phenoxy) is 2. The third kappa shape index (κ3) is 3.96. The zero-order valence-electron chi connectivity index (χ0n) is 12.9. The minimum absolute atomic E-state index is 0.281. The van der Waals surface area contributed by atoms with Gasteiger partial charge in [0.2, 0.25) is 0 Å². The van der Waals surface area contributed by atoms with Crippen LogP contribution in [-0.4, -0.2) is 35.1 Å². The smallest absolute Gasteiger partial charge is 0.410 e. The second-order valence-corrected chi connectivity index (χ2v) is 6.51. The molecule has 1 aliphatic carbocycles. The van der Waals surface area contributed by atoms with Gasteiger partial charge in [0, 0.05) is 30.6 Å². The molecule has 0 N–H and O–H groups in total. The van der Waals surface area contributed by atoms with Crippen LogP contribution in [0.1, 0.15) is 31.2 Å². The first-order chi connectivity index (χ1) is 11.1. The highest BCUT2D eigenvalue weighted by Crippen LogP contribution is 2.50. The van der Waals surface area contributed by atoms with Gasteiger partial charge in [-0.15, -0.1) is 0 Å². The number of rotatable bonds is 4. The summed E-state index contributed by atoms with van der Waals surface area (Å²) in [6.45, 7) is 1.53. The Balaban J connectivity index is 1.45. The molecule has 1 saturated carbocycles. The number of nitrogens with zero attached hydrogens (tertiary/aromatic N) is 1. The molecule has 1 saturated heterocycles. The molecular formula is C17H20ClNO4. The molecule has 0 aromatic heterocycles. The summed E-state index contributed by atoms with van der Waals surface area (Å²) in [5.74, 6) is 0.281. The van der Waals surface area contributed by atoms with Gasteiger partial charge in [-0.1, -0.05) is 30.3 Å². The van der Waals surface area contributed by atoms with Crippen molar-refractivity contribution in [2.24, 2.45) is 5.92 Å². The first kappa shape index (κ1) is 16.1. The first-order valence-electron chi connectivity index (χ1n) is 7.93. The maximum Gasteiger partial charge on any atom is 0.410 e. The standard InChI is InChI=1S/C17H20ClNO4/c18-15(20)23-17(8-9-17)14-6-10-19(11-7-14)16(21)22-12-13-4-2-1-3-5-13/h1-5,14H,6-12H2. The molecule has 23 heavy (non-hydrogen) atoms. The van der Waals surface area contributed by atoms with Gasteiger partial charge in [0.1, 0.15) is 12.2 Å². The van der Waals surface area contributed by atoms with E-state index in [0.717, 1.165) is 31.2 Å². The highest BCUT2D eigenvalue weighted by molar-refractivity contribution is 6.61. The van der Waals surface area contributed by atoms with Crippen LogP contribution in [0, 0.1) is 5.92 Å². The number of benzene rings is 1. The van der Waals surface area contributed by atoms with Crippen molar-refractivity contribution in [3.05, 3.63) is 35.9 Å². The summed E-state index contributed by atoms with van der Waals surface area (Å²) in [6.07, 6.45) is 3.07. The van der Waals surface area contributed by atoms with E-state index in [4.69, 9.17) is 21.1 Å². The van der Waals surface area contributed by atoms with Crippen molar-refractivity contribution in [2.45, 2.75) is 37.9 Å². The van der Waals surface area contributed by atoms with Crippen molar-refractivity contribution < 1.29 is 19.1 Å². The van der Waals surface area contributed by atoms with Crippen molar-refractivity contribution in [3.63, 3.8) is 0 Å². The summed E-state index contributed by atoms with van der Waals surface area (Å²) in [5.41, 5.74) is -0.132. The lowest BCUT2D eigenvalue weighted by molar-refractivity contribution is 0.0236. The van der Waals surface area contributed by atoms with Crippen LogP contribution in [0.2, 0.25) is 0 Å². The van der Waals surface area contributed by atoms with E-state index in [1.807, 2.05) is 30.3 Å². The Kier molecular flexibility index (Phi) is 4.76. The van der Waals surface area contributed by atoms with Gasteiger partial charge in [-0.25, -0.2) is 9.59 Å². The van der Waals surface area contributed by atoms with E-state index in [1.54, 1.807) is 4.90 Å². The fourth-order valence-corrected chi connectivity index (χ4v) is 3.43. The second-order valence-electron chi connectivity index (χ2n) is 6.21. The lowest BCUT2D eigenvalue weighted by Gasteiger charge is -2.35. The number of hydrogen-bond donors (Lipinski definition) is 0. The Bertz CT molecular complexity index is 565. The lowest BCUT2D eigenvalue weighted by atomic mass is 9.89. The Morgan fingerprint density at radius 3 is 2.39 bits per heavy atom. The normalized spacial score (nSPS) is 20.0. The lowest BCUT2D eigenvalue weighted by Crippen LogP contribution is -2.43. The van der Waals surface area contributed by atoms with E-state index in [2.05, 4.69) is 0 Å². The maximum atomic E-state index is 12.1. The second kappa shape index (κ2) is 6.79. The number of halogens is 1. The largest absolute Gasteiger partial charge is 0.447 e. The summed E-state index contributed by atoms with van der Waals surface area (Å²) < 4.78 is 10.6. The molecule has 3 rings (SSSR count). The maximum absolute atomic E-state index is 12.1. The van der Waals surface area contributed by atoms with Crippen LogP contribution in [0.25, 0.3) is 0 Å². The van der Waals surface area contributed by atoms with E-state index < -0.39 is 5.43 Å². The van der Waals surface area contributed by atoms with Crippen LogP contribution in [0.3, 0.4) is 0 Å². The molecule has 1 aromatic carbocycles. The molecule has 2 aliphatic rings. The van der Waals surface area contributed by atoms with Crippen LogP contribution in [-0.2, 0) is 16.1 Å². The Morgan fingerprint density at radius 1 is 1.17 bits per heavy atom. The molecule has 1 heterocycles. The van der Waals surface area contributed by atoms with Crippen molar-refractivity contribution in [1.29, 1.82) is 0 Å². The van der Waals surface area contributed by atoms with Gasteiger partial charge in [-0.05, 0) is 31.2 Å². The van der Waals surface area contributed by atoms with Gasteiger partial charge in [-0.3, -0.25) is 0 Å². The predicted octanol–water partition coefficient (Wildman–Crippen LogP) is 3.94. The third-order valence-corrected chi connectivity index (χ3v) is 4.81. The molecule has 6 heteroatoms. The monoisotopic (exact) mass is 337 g/mol. The van der Waals surface area contributed by atoms with Gasteiger partial charge in [0.05, 0.1) is 0 Å².